The third-order valence-electron chi connectivity index (χ3n) is 2.93. The van der Waals surface area contributed by atoms with Crippen LogP contribution in [0.4, 0.5) is 36.6 Å². The highest BCUT2D eigenvalue weighted by molar-refractivity contribution is 7.98. The smallest absolute Gasteiger partial charge is 0.382 e. The number of thioether (sulfide) groups is 1. The van der Waals surface area contributed by atoms with Gasteiger partial charge in [-0.15, -0.1) is 11.8 Å². The number of nitriles is 1. The first-order chi connectivity index (χ1) is 11.1. The van der Waals surface area contributed by atoms with Gasteiger partial charge in [0.25, 0.3) is 0 Å². The lowest BCUT2D eigenvalue weighted by Crippen LogP contribution is -2.18. The highest BCUT2D eigenvalue weighted by Crippen LogP contribution is 2.39. The topological polar surface area (TPSA) is 67.6 Å². The van der Waals surface area contributed by atoms with Gasteiger partial charge >= 0.3 is 6.18 Å². The van der Waals surface area contributed by atoms with Gasteiger partial charge in [0.05, 0.1) is 0 Å². The number of anilines is 1. The Bertz CT molecular complexity index is 837. The van der Waals surface area contributed by atoms with E-state index in [1.54, 1.807) is 6.07 Å². The first-order valence-electron chi connectivity index (χ1n) is 5.82. The molecule has 24 heavy (non-hydrogen) atoms. The summed E-state index contributed by atoms with van der Waals surface area (Å²) in [5.74, 6) is -10.6. The van der Waals surface area contributed by atoms with Crippen LogP contribution < -0.4 is 5.73 Å². The van der Waals surface area contributed by atoms with Gasteiger partial charge in [-0.1, -0.05) is 0 Å². The monoisotopic (exact) mass is 370 g/mol. The van der Waals surface area contributed by atoms with Gasteiger partial charge in [-0.3, -0.25) is 0 Å². The minimum absolute atomic E-state index is 0.130. The summed E-state index contributed by atoms with van der Waals surface area (Å²) in [4.78, 5) is 0. The van der Waals surface area contributed by atoms with Crippen LogP contribution in [0.5, 0.6) is 0 Å². The number of nitrogen functional groups attached to an aromatic ring is 1. The second-order valence-electron chi connectivity index (χ2n) is 4.27. The van der Waals surface area contributed by atoms with Crippen LogP contribution in [-0.2, 0) is 6.18 Å². The minimum atomic E-state index is -5.66. The van der Waals surface area contributed by atoms with Crippen molar-refractivity contribution in [3.8, 4) is 11.8 Å². The van der Waals surface area contributed by atoms with E-state index < -0.39 is 46.5 Å². The molecule has 0 aliphatic heterocycles. The van der Waals surface area contributed by atoms with Crippen molar-refractivity contribution < 1.29 is 30.7 Å². The van der Waals surface area contributed by atoms with E-state index in [9.17, 15) is 30.7 Å². The van der Waals surface area contributed by atoms with Crippen molar-refractivity contribution in [1.29, 1.82) is 5.26 Å². The molecular formula is C12H5F7N4S. The zero-order chi connectivity index (χ0) is 18.4. The number of hydrogen-bond acceptors (Lipinski definition) is 4. The molecule has 0 fully saturated rings. The maximum atomic E-state index is 14.0. The number of hydrogen-bond donors (Lipinski definition) is 1. The number of nitrogens with zero attached hydrogens (tertiary/aromatic N) is 3. The van der Waals surface area contributed by atoms with Crippen LogP contribution >= 0.6 is 11.8 Å². The van der Waals surface area contributed by atoms with Crippen LogP contribution in [0.15, 0.2) is 5.03 Å². The zero-order valence-electron chi connectivity index (χ0n) is 11.5. The SMILES string of the molecule is CSc1nn(-c2c(F)c(F)c(C(F)(F)F)c(F)c2F)c(N)c1C#N. The number of benzene rings is 1. The number of halogens is 7. The van der Waals surface area contributed by atoms with Crippen LogP contribution in [0.2, 0.25) is 0 Å². The van der Waals surface area contributed by atoms with Crippen molar-refractivity contribution in [3.05, 3.63) is 34.4 Å². The molecule has 0 unspecified atom stereocenters. The molecule has 4 nitrogen and oxygen atoms in total. The van der Waals surface area contributed by atoms with Gasteiger partial charge in [-0.2, -0.15) is 23.5 Å². The summed E-state index contributed by atoms with van der Waals surface area (Å²) in [5.41, 5.74) is 0.802. The highest BCUT2D eigenvalue weighted by atomic mass is 32.2. The lowest BCUT2D eigenvalue weighted by molar-refractivity contribution is -0.143. The van der Waals surface area contributed by atoms with E-state index in [1.807, 2.05) is 0 Å². The zero-order valence-corrected chi connectivity index (χ0v) is 12.3. The lowest BCUT2D eigenvalue weighted by Gasteiger charge is -2.14. The van der Waals surface area contributed by atoms with Gasteiger partial charge in [0.2, 0.25) is 0 Å². The molecule has 1 aromatic heterocycles. The summed E-state index contributed by atoms with van der Waals surface area (Å²) in [6.07, 6.45) is -4.24. The first kappa shape index (κ1) is 17.9. The number of nitrogens with two attached hydrogens (primary N) is 1. The molecule has 0 saturated carbocycles. The quantitative estimate of drug-likeness (QED) is 0.498. The summed E-state index contributed by atoms with van der Waals surface area (Å²) in [6.45, 7) is 0. The van der Waals surface area contributed by atoms with Crippen molar-refractivity contribution in [2.45, 2.75) is 11.2 Å². The van der Waals surface area contributed by atoms with Crippen LogP contribution in [-0.4, -0.2) is 16.0 Å². The van der Waals surface area contributed by atoms with Gasteiger partial charge in [0.15, 0.2) is 23.3 Å². The molecule has 0 aliphatic rings. The number of rotatable bonds is 2. The Labute approximate surface area is 133 Å². The van der Waals surface area contributed by atoms with Crippen molar-refractivity contribution in [2.75, 3.05) is 12.0 Å². The second kappa shape index (κ2) is 5.90. The summed E-state index contributed by atoms with van der Waals surface area (Å²) < 4.78 is 93.0. The fraction of sp³-hybridized carbons (Fsp3) is 0.167. The van der Waals surface area contributed by atoms with E-state index in [0.717, 1.165) is 11.8 Å². The van der Waals surface area contributed by atoms with Crippen LogP contribution in [0.1, 0.15) is 11.1 Å². The van der Waals surface area contributed by atoms with Crippen molar-refractivity contribution in [3.63, 3.8) is 0 Å². The van der Waals surface area contributed by atoms with Gasteiger partial charge in [-0.25, -0.2) is 22.2 Å². The summed E-state index contributed by atoms with van der Waals surface area (Å²) in [7, 11) is 0. The van der Waals surface area contributed by atoms with Crippen molar-refractivity contribution in [2.24, 2.45) is 0 Å². The van der Waals surface area contributed by atoms with E-state index in [2.05, 4.69) is 5.10 Å². The molecule has 1 heterocycles. The minimum Gasteiger partial charge on any atom is -0.382 e. The van der Waals surface area contributed by atoms with Crippen LogP contribution in [0.3, 0.4) is 0 Å². The number of alkyl halides is 3. The van der Waals surface area contributed by atoms with Gasteiger partial charge in [0, 0.05) is 0 Å². The first-order valence-corrected chi connectivity index (χ1v) is 7.04. The van der Waals surface area contributed by atoms with E-state index in [1.165, 1.54) is 6.26 Å². The normalized spacial score (nSPS) is 11.6. The molecule has 2 N–H and O–H groups in total. The van der Waals surface area contributed by atoms with Crippen LogP contribution in [0, 0.1) is 34.6 Å². The van der Waals surface area contributed by atoms with E-state index in [4.69, 9.17) is 11.0 Å². The van der Waals surface area contributed by atoms with E-state index >= 15 is 0 Å². The van der Waals surface area contributed by atoms with Crippen LogP contribution in [0.25, 0.3) is 5.69 Å². The molecule has 0 saturated heterocycles. The van der Waals surface area contributed by atoms with Crippen molar-refractivity contribution in [1.82, 2.24) is 9.78 Å². The largest absolute Gasteiger partial charge is 0.422 e. The average Bonchev–Trinajstić information content (AvgIpc) is 2.80. The Morgan fingerprint density at radius 2 is 1.58 bits per heavy atom. The summed E-state index contributed by atoms with van der Waals surface area (Å²) >= 11 is 0.830. The fourth-order valence-corrected chi connectivity index (χ4v) is 2.40. The molecule has 0 bridgehead atoms. The summed E-state index contributed by atoms with van der Waals surface area (Å²) in [5, 5.41) is 12.3. The molecule has 128 valence electrons. The van der Waals surface area contributed by atoms with Gasteiger partial charge in [-0.05, 0) is 6.26 Å². The van der Waals surface area contributed by atoms with E-state index in [-0.39, 0.29) is 15.3 Å². The standard InChI is InChI=1S/C12H5F7N4S/c1-24-11-3(2-20)10(21)23(22-11)9-7(15)5(13)4(12(17,18)19)6(14)8(9)16/h21H2,1H3. The molecular weight excluding hydrogens is 365 g/mol. The molecule has 2 aromatic rings. The second-order valence-corrected chi connectivity index (χ2v) is 5.07. The Balaban J connectivity index is 2.89. The molecule has 0 radical (unpaired) electrons. The highest BCUT2D eigenvalue weighted by Gasteiger charge is 2.43. The Morgan fingerprint density at radius 3 is 1.92 bits per heavy atom. The number of aromatic nitrogens is 2. The van der Waals surface area contributed by atoms with Gasteiger partial charge in [0.1, 0.15) is 33.7 Å². The third-order valence-corrected chi connectivity index (χ3v) is 3.60. The van der Waals surface area contributed by atoms with E-state index in [0.29, 0.717) is 0 Å². The Kier molecular flexibility index (Phi) is 4.40. The Hall–Kier alpha value is -2.42. The lowest BCUT2D eigenvalue weighted by atomic mass is 10.1. The molecule has 0 atom stereocenters. The third kappa shape index (κ3) is 2.54. The Morgan fingerprint density at radius 1 is 1.08 bits per heavy atom. The summed E-state index contributed by atoms with van der Waals surface area (Å²) in [6, 6.07) is 1.57. The fourth-order valence-electron chi connectivity index (χ4n) is 1.88. The average molecular weight is 370 g/mol. The molecule has 0 aliphatic carbocycles. The van der Waals surface area contributed by atoms with Gasteiger partial charge < -0.3 is 5.73 Å². The molecule has 0 spiro atoms. The molecule has 1 aromatic carbocycles. The van der Waals surface area contributed by atoms with Crippen molar-refractivity contribution >= 4 is 17.6 Å². The molecule has 12 heteroatoms. The predicted molar refractivity (Wildman–Crippen MR) is 69.3 cm³/mol. The predicted octanol–water partition coefficient (Wildman–Crippen LogP) is 3.62. The molecule has 2 rings (SSSR count). The maximum absolute atomic E-state index is 14.0. The maximum Gasteiger partial charge on any atom is 0.422 e. The molecule has 0 amide bonds.